The molecule has 0 aliphatic rings. The van der Waals surface area contributed by atoms with Crippen molar-refractivity contribution in [2.24, 2.45) is 5.73 Å². The minimum atomic E-state index is -4.61. The molecule has 0 fully saturated rings. The molecule has 2 heterocycles. The van der Waals surface area contributed by atoms with E-state index in [1.54, 1.807) is 49.6 Å². The predicted molar refractivity (Wildman–Crippen MR) is 148 cm³/mol. The number of nitrogens with one attached hydrogen (secondary N) is 1. The molecule has 4 aromatic rings. The number of aromatic nitrogens is 3. The van der Waals surface area contributed by atoms with Gasteiger partial charge in [-0.05, 0) is 43.7 Å². The van der Waals surface area contributed by atoms with Crippen LogP contribution < -0.4 is 20.2 Å². The van der Waals surface area contributed by atoms with Gasteiger partial charge in [0, 0.05) is 18.3 Å². The molecule has 210 valence electrons. The summed E-state index contributed by atoms with van der Waals surface area (Å²) in [5.41, 5.74) is 6.69. The highest BCUT2D eigenvalue weighted by atomic mass is 32.2. The van der Waals surface area contributed by atoms with E-state index in [-0.39, 0.29) is 28.7 Å². The fourth-order valence-corrected chi connectivity index (χ4v) is 5.69. The summed E-state index contributed by atoms with van der Waals surface area (Å²) in [5.74, 6) is -2.26. The Morgan fingerprint density at radius 2 is 1.62 bits per heavy atom. The molecule has 0 aliphatic carbocycles. The lowest BCUT2D eigenvalue weighted by Gasteiger charge is -2.37. The molecule has 0 radical (unpaired) electrons. The Hall–Kier alpha value is -4.72. The van der Waals surface area contributed by atoms with Gasteiger partial charge in [-0.2, -0.15) is 5.01 Å². The van der Waals surface area contributed by atoms with E-state index in [2.05, 4.69) is 15.1 Å². The van der Waals surface area contributed by atoms with Gasteiger partial charge >= 0.3 is 5.91 Å². The number of hydrogen-bond donors (Lipinski definition) is 2. The van der Waals surface area contributed by atoms with Gasteiger partial charge in [-0.15, -0.1) is 4.41 Å². The first-order valence-electron chi connectivity index (χ1n) is 12.1. The number of fused-ring (bicyclic) bond motifs is 1. The third-order valence-corrected chi connectivity index (χ3v) is 8.59. The van der Waals surface area contributed by atoms with E-state index in [4.69, 9.17) is 25.1 Å². The van der Waals surface area contributed by atoms with E-state index < -0.39 is 33.1 Å². The molecule has 13 nitrogen and oxygen atoms in total. The van der Waals surface area contributed by atoms with Crippen molar-refractivity contribution in [3.8, 4) is 11.5 Å². The second-order valence-electron chi connectivity index (χ2n) is 8.94. The molecule has 3 N–H and O–H groups in total. The third kappa shape index (κ3) is 5.00. The Morgan fingerprint density at radius 3 is 2.20 bits per heavy atom. The van der Waals surface area contributed by atoms with Gasteiger partial charge in [0.15, 0.2) is 17.0 Å². The highest BCUT2D eigenvalue weighted by Gasteiger charge is 2.44. The van der Waals surface area contributed by atoms with Crippen molar-refractivity contribution in [3.05, 3.63) is 71.9 Å². The Labute approximate surface area is 231 Å². The van der Waals surface area contributed by atoms with Gasteiger partial charge in [0.2, 0.25) is 5.96 Å². The smallest absolute Gasteiger partial charge is 0.301 e. The van der Waals surface area contributed by atoms with Crippen LogP contribution >= 0.6 is 0 Å². The number of hydrazine groups is 1. The molecule has 40 heavy (non-hydrogen) atoms. The molecular formula is C26H29N7O6S. The largest absolute Gasteiger partial charge is 0.494 e. The molecule has 1 amide bonds. The molecule has 0 bridgehead atoms. The molecule has 14 heteroatoms. The molecule has 0 spiro atoms. The minimum absolute atomic E-state index is 0.0736. The van der Waals surface area contributed by atoms with Crippen molar-refractivity contribution in [1.29, 1.82) is 5.41 Å². The maximum atomic E-state index is 14.3. The third-order valence-electron chi connectivity index (χ3n) is 6.40. The second-order valence-corrected chi connectivity index (χ2v) is 11.1. The number of methoxy groups -OCH3 is 2. The number of aryl methyl sites for hydroxylation is 1. The van der Waals surface area contributed by atoms with Crippen molar-refractivity contribution in [1.82, 2.24) is 19.5 Å². The van der Waals surface area contributed by atoms with Crippen LogP contribution in [0.3, 0.4) is 0 Å². The fourth-order valence-electron chi connectivity index (χ4n) is 4.08. The number of anilines is 1. The van der Waals surface area contributed by atoms with Crippen molar-refractivity contribution >= 4 is 38.5 Å². The number of carbonyl (C=O) groups excluding carboxylic acids is 1. The molecular weight excluding hydrogens is 538 g/mol. The normalized spacial score (nSPS) is 12.9. The number of nitrogens with zero attached hydrogens (tertiary/aromatic N) is 5. The van der Waals surface area contributed by atoms with Crippen LogP contribution in [0, 0.1) is 12.3 Å². The highest BCUT2D eigenvalue weighted by molar-refractivity contribution is 7.90. The molecule has 2 aromatic carbocycles. The van der Waals surface area contributed by atoms with Crippen LogP contribution in [-0.4, -0.2) is 59.3 Å². The molecule has 0 aliphatic heterocycles. The topological polar surface area (TPSA) is 178 Å². The number of para-hydroxylation sites is 2. The first-order valence-corrected chi connectivity index (χ1v) is 13.6. The molecule has 4 rings (SSSR count). The Balaban J connectivity index is 1.94. The van der Waals surface area contributed by atoms with Crippen LogP contribution in [0.5, 0.6) is 11.5 Å². The zero-order valence-corrected chi connectivity index (χ0v) is 23.3. The molecule has 2 atom stereocenters. The summed E-state index contributed by atoms with van der Waals surface area (Å²) in [5, 5.41) is 12.1. The number of carbonyl (C=O) groups is 1. The van der Waals surface area contributed by atoms with E-state index in [0.29, 0.717) is 20.4 Å². The molecule has 2 aromatic heterocycles. The summed E-state index contributed by atoms with van der Waals surface area (Å²) < 4.78 is 45.2. The number of hydrogen-bond acceptors (Lipinski definition) is 10. The zero-order chi connectivity index (χ0) is 29.2. The molecule has 0 saturated carbocycles. The fraction of sp³-hybridized carbons (Fsp3) is 0.269. The summed E-state index contributed by atoms with van der Waals surface area (Å²) in [6.07, 6.45) is 3.15. The SMILES string of the molecule is COc1cccc(OC)c1N(C(=O)c1noc2ccccc12)N(C(=N)N)S(=O)(=O)[C@@H](C)[C@H](C)c1ncc(C)cn1. The monoisotopic (exact) mass is 567 g/mol. The zero-order valence-electron chi connectivity index (χ0n) is 22.5. The standard InChI is InChI=1S/C26H29N7O6S/c1-15-13-29-24(30-14-15)16(2)17(3)40(35,36)33(26(27)28)32(23-20(37-4)11-8-12-21(23)38-5)25(34)22-18-9-6-7-10-19(18)39-31-22/h6-14,16-17H,1-5H3,(H3,27,28)/t16-,17-/m0/s1. The number of benzene rings is 2. The van der Waals surface area contributed by atoms with Crippen LogP contribution in [0.2, 0.25) is 0 Å². The lowest BCUT2D eigenvalue weighted by molar-refractivity contribution is 0.0950. The average Bonchev–Trinajstić information content (AvgIpc) is 3.38. The van der Waals surface area contributed by atoms with E-state index >= 15 is 0 Å². The first kappa shape index (κ1) is 28.3. The second kappa shape index (κ2) is 11.2. The van der Waals surface area contributed by atoms with Gasteiger partial charge < -0.3 is 19.7 Å². The average molecular weight is 568 g/mol. The quantitative estimate of drug-likeness (QED) is 0.182. The maximum Gasteiger partial charge on any atom is 0.301 e. The van der Waals surface area contributed by atoms with E-state index in [0.717, 1.165) is 5.56 Å². The number of nitrogens with two attached hydrogens (primary N) is 1. The number of guanidine groups is 1. The van der Waals surface area contributed by atoms with Gasteiger partial charge in [-0.3, -0.25) is 10.2 Å². The number of rotatable bonds is 8. The Kier molecular flexibility index (Phi) is 7.91. The van der Waals surface area contributed by atoms with Gasteiger partial charge in [0.25, 0.3) is 10.0 Å². The van der Waals surface area contributed by atoms with Crippen molar-refractivity contribution < 1.29 is 27.2 Å². The van der Waals surface area contributed by atoms with Gasteiger partial charge in [-0.1, -0.05) is 30.3 Å². The van der Waals surface area contributed by atoms with Crippen LogP contribution in [0.4, 0.5) is 5.69 Å². The van der Waals surface area contributed by atoms with Crippen molar-refractivity contribution in [2.75, 3.05) is 19.2 Å². The minimum Gasteiger partial charge on any atom is -0.494 e. The van der Waals surface area contributed by atoms with E-state index in [9.17, 15) is 13.2 Å². The number of ether oxygens (including phenoxy) is 2. The van der Waals surface area contributed by atoms with Crippen LogP contribution in [-0.2, 0) is 10.0 Å². The highest BCUT2D eigenvalue weighted by Crippen LogP contribution is 2.41. The van der Waals surface area contributed by atoms with Crippen LogP contribution in [0.1, 0.15) is 41.6 Å². The maximum absolute atomic E-state index is 14.3. The summed E-state index contributed by atoms with van der Waals surface area (Å²) in [7, 11) is -1.91. The van der Waals surface area contributed by atoms with Crippen LogP contribution in [0.15, 0.2) is 59.4 Å². The number of sulfonamides is 1. The van der Waals surface area contributed by atoms with Gasteiger partial charge in [-0.25, -0.2) is 18.4 Å². The summed E-state index contributed by atoms with van der Waals surface area (Å²) >= 11 is 0. The summed E-state index contributed by atoms with van der Waals surface area (Å²) in [6.45, 7) is 4.86. The number of amides is 1. The lowest BCUT2D eigenvalue weighted by atomic mass is 10.1. The summed E-state index contributed by atoms with van der Waals surface area (Å²) in [4.78, 5) is 22.8. The Morgan fingerprint density at radius 1 is 1.02 bits per heavy atom. The predicted octanol–water partition coefficient (Wildman–Crippen LogP) is 3.22. The lowest BCUT2D eigenvalue weighted by Crippen LogP contribution is -2.58. The van der Waals surface area contributed by atoms with Crippen LogP contribution in [0.25, 0.3) is 11.0 Å². The first-order chi connectivity index (χ1) is 19.0. The van der Waals surface area contributed by atoms with Gasteiger partial charge in [0.05, 0.1) is 24.9 Å². The van der Waals surface area contributed by atoms with E-state index in [1.807, 2.05) is 6.92 Å². The van der Waals surface area contributed by atoms with Crippen molar-refractivity contribution in [3.63, 3.8) is 0 Å². The Bertz CT molecular complexity index is 1630. The summed E-state index contributed by atoms with van der Waals surface area (Å²) in [6, 6.07) is 11.2. The van der Waals surface area contributed by atoms with Crippen molar-refractivity contribution in [2.45, 2.75) is 31.9 Å². The molecule has 0 unspecified atom stereocenters. The molecule has 0 saturated heterocycles. The van der Waals surface area contributed by atoms with Gasteiger partial charge in [0.1, 0.15) is 17.3 Å². The van der Waals surface area contributed by atoms with E-state index in [1.165, 1.54) is 33.3 Å².